The molecule has 0 aliphatic rings. The van der Waals surface area contributed by atoms with Gasteiger partial charge in [-0.1, -0.05) is 6.92 Å². The normalized spacial score (nSPS) is 13.2. The SMILES string of the molecule is COC(C)(C)C(=O)NCCCC(C)C(=O)O. The molecule has 0 saturated carbocycles. The molecule has 94 valence electrons. The molecule has 0 heterocycles. The number of nitrogens with one attached hydrogen (secondary N) is 1. The van der Waals surface area contributed by atoms with E-state index in [9.17, 15) is 9.59 Å². The van der Waals surface area contributed by atoms with Crippen LogP contribution in [0.5, 0.6) is 0 Å². The molecule has 1 amide bonds. The maximum absolute atomic E-state index is 11.5. The highest BCUT2D eigenvalue weighted by Gasteiger charge is 2.26. The summed E-state index contributed by atoms with van der Waals surface area (Å²) in [6.07, 6.45) is 1.21. The first-order valence-corrected chi connectivity index (χ1v) is 5.37. The Morgan fingerprint density at radius 2 is 2.00 bits per heavy atom. The van der Waals surface area contributed by atoms with Crippen LogP contribution < -0.4 is 5.32 Å². The van der Waals surface area contributed by atoms with Crippen LogP contribution in [0.3, 0.4) is 0 Å². The van der Waals surface area contributed by atoms with Gasteiger partial charge in [-0.05, 0) is 26.7 Å². The molecule has 5 nitrogen and oxygen atoms in total. The van der Waals surface area contributed by atoms with E-state index in [2.05, 4.69) is 5.32 Å². The molecule has 16 heavy (non-hydrogen) atoms. The maximum atomic E-state index is 11.5. The summed E-state index contributed by atoms with van der Waals surface area (Å²) in [6.45, 7) is 5.50. The predicted octanol–water partition coefficient (Wildman–Crippen LogP) is 1.03. The Kier molecular flexibility index (Phi) is 6.03. The summed E-state index contributed by atoms with van der Waals surface area (Å²) in [5, 5.41) is 11.4. The number of hydrogen-bond acceptors (Lipinski definition) is 3. The van der Waals surface area contributed by atoms with Crippen molar-refractivity contribution in [2.75, 3.05) is 13.7 Å². The van der Waals surface area contributed by atoms with E-state index in [4.69, 9.17) is 9.84 Å². The number of rotatable bonds is 7. The van der Waals surface area contributed by atoms with E-state index in [1.165, 1.54) is 7.11 Å². The second-order valence-corrected chi connectivity index (χ2v) is 4.35. The molecule has 0 radical (unpaired) electrons. The van der Waals surface area contributed by atoms with Crippen LogP contribution in [0, 0.1) is 5.92 Å². The minimum Gasteiger partial charge on any atom is -0.481 e. The van der Waals surface area contributed by atoms with Crippen molar-refractivity contribution in [3.8, 4) is 0 Å². The summed E-state index contributed by atoms with van der Waals surface area (Å²) >= 11 is 0. The van der Waals surface area contributed by atoms with Gasteiger partial charge in [0.1, 0.15) is 5.60 Å². The molecule has 0 aromatic heterocycles. The van der Waals surface area contributed by atoms with Crippen molar-refractivity contribution in [2.45, 2.75) is 39.2 Å². The first-order chi connectivity index (χ1) is 7.31. The Morgan fingerprint density at radius 3 is 2.44 bits per heavy atom. The van der Waals surface area contributed by atoms with Gasteiger partial charge in [0, 0.05) is 13.7 Å². The molecule has 0 aromatic carbocycles. The van der Waals surface area contributed by atoms with E-state index in [0.29, 0.717) is 19.4 Å². The van der Waals surface area contributed by atoms with Gasteiger partial charge in [0.15, 0.2) is 0 Å². The van der Waals surface area contributed by atoms with E-state index in [0.717, 1.165) is 0 Å². The Hall–Kier alpha value is -1.10. The molecule has 0 aliphatic carbocycles. The van der Waals surface area contributed by atoms with Crippen molar-refractivity contribution < 1.29 is 19.4 Å². The molecule has 5 heteroatoms. The standard InChI is InChI=1S/C11H21NO4/c1-8(9(13)14)6-5-7-12-10(15)11(2,3)16-4/h8H,5-7H2,1-4H3,(H,12,15)(H,13,14). The van der Waals surface area contributed by atoms with Gasteiger partial charge in [-0.3, -0.25) is 9.59 Å². The summed E-state index contributed by atoms with van der Waals surface area (Å²) in [4.78, 5) is 22.0. The molecule has 1 atom stereocenters. The van der Waals surface area contributed by atoms with Crippen molar-refractivity contribution in [3.05, 3.63) is 0 Å². The van der Waals surface area contributed by atoms with Gasteiger partial charge in [0.05, 0.1) is 5.92 Å². The highest BCUT2D eigenvalue weighted by Crippen LogP contribution is 2.08. The number of carboxylic acids is 1. The molecule has 2 N–H and O–H groups in total. The number of methoxy groups -OCH3 is 1. The molecular weight excluding hydrogens is 210 g/mol. The van der Waals surface area contributed by atoms with Crippen molar-refractivity contribution in [1.29, 1.82) is 0 Å². The Bertz CT molecular complexity index is 250. The van der Waals surface area contributed by atoms with Gasteiger partial charge < -0.3 is 15.2 Å². The lowest BCUT2D eigenvalue weighted by Gasteiger charge is -2.21. The van der Waals surface area contributed by atoms with Gasteiger partial charge in [0.2, 0.25) is 0 Å². The molecule has 1 unspecified atom stereocenters. The third kappa shape index (κ3) is 5.11. The van der Waals surface area contributed by atoms with Crippen molar-refractivity contribution in [1.82, 2.24) is 5.32 Å². The predicted molar refractivity (Wildman–Crippen MR) is 60.1 cm³/mol. The number of hydrogen-bond donors (Lipinski definition) is 2. The zero-order valence-electron chi connectivity index (χ0n) is 10.4. The van der Waals surface area contributed by atoms with Crippen LogP contribution in [-0.4, -0.2) is 36.2 Å². The first-order valence-electron chi connectivity index (χ1n) is 5.37. The van der Waals surface area contributed by atoms with E-state index < -0.39 is 11.6 Å². The van der Waals surface area contributed by atoms with Crippen LogP contribution in [0.15, 0.2) is 0 Å². The number of carbonyl (C=O) groups excluding carboxylic acids is 1. The lowest BCUT2D eigenvalue weighted by atomic mass is 10.1. The molecule has 0 rings (SSSR count). The summed E-state index contributed by atoms with van der Waals surface area (Å²) in [5.74, 6) is -1.35. The molecule has 0 fully saturated rings. The number of carboxylic acid groups (broad SMARTS) is 1. The van der Waals surface area contributed by atoms with Crippen LogP contribution in [0.4, 0.5) is 0 Å². The highest BCUT2D eigenvalue weighted by molar-refractivity contribution is 5.84. The number of amides is 1. The third-order valence-electron chi connectivity index (χ3n) is 2.58. The number of ether oxygens (including phenoxy) is 1. The Balaban J connectivity index is 3.76. The van der Waals surface area contributed by atoms with Gasteiger partial charge in [0.25, 0.3) is 5.91 Å². The van der Waals surface area contributed by atoms with Crippen molar-refractivity contribution in [2.24, 2.45) is 5.92 Å². The second kappa shape index (κ2) is 6.48. The largest absolute Gasteiger partial charge is 0.481 e. The van der Waals surface area contributed by atoms with Gasteiger partial charge in [-0.25, -0.2) is 0 Å². The Morgan fingerprint density at radius 1 is 1.44 bits per heavy atom. The fraction of sp³-hybridized carbons (Fsp3) is 0.818. The van der Waals surface area contributed by atoms with Gasteiger partial charge in [-0.15, -0.1) is 0 Å². The molecule has 0 saturated heterocycles. The van der Waals surface area contributed by atoms with E-state index in [1.54, 1.807) is 20.8 Å². The van der Waals surface area contributed by atoms with Gasteiger partial charge >= 0.3 is 5.97 Å². The zero-order chi connectivity index (χ0) is 12.8. The number of carbonyl (C=O) groups is 2. The lowest BCUT2D eigenvalue weighted by Crippen LogP contribution is -2.43. The fourth-order valence-corrected chi connectivity index (χ4v) is 1.04. The zero-order valence-corrected chi connectivity index (χ0v) is 10.4. The summed E-state index contributed by atoms with van der Waals surface area (Å²) < 4.78 is 5.01. The smallest absolute Gasteiger partial charge is 0.306 e. The Labute approximate surface area is 96.2 Å². The fourth-order valence-electron chi connectivity index (χ4n) is 1.04. The topological polar surface area (TPSA) is 75.6 Å². The number of aliphatic carboxylic acids is 1. The van der Waals surface area contributed by atoms with E-state index in [-0.39, 0.29) is 11.8 Å². The summed E-state index contributed by atoms with van der Waals surface area (Å²) in [7, 11) is 1.48. The van der Waals surface area contributed by atoms with Crippen LogP contribution in [0.1, 0.15) is 33.6 Å². The molecule has 0 bridgehead atoms. The minimum atomic E-state index is -0.835. The molecule has 0 aliphatic heterocycles. The van der Waals surface area contributed by atoms with Crippen LogP contribution >= 0.6 is 0 Å². The van der Waals surface area contributed by atoms with Crippen molar-refractivity contribution >= 4 is 11.9 Å². The maximum Gasteiger partial charge on any atom is 0.306 e. The van der Waals surface area contributed by atoms with Crippen molar-refractivity contribution in [3.63, 3.8) is 0 Å². The average molecular weight is 231 g/mol. The van der Waals surface area contributed by atoms with Gasteiger partial charge in [-0.2, -0.15) is 0 Å². The summed E-state index contributed by atoms with van der Waals surface area (Å²) in [5.41, 5.74) is -0.835. The molecular formula is C11H21NO4. The van der Waals surface area contributed by atoms with E-state index in [1.807, 2.05) is 0 Å². The lowest BCUT2D eigenvalue weighted by molar-refractivity contribution is -0.141. The first kappa shape index (κ1) is 14.9. The minimum absolute atomic E-state index is 0.182. The third-order valence-corrected chi connectivity index (χ3v) is 2.58. The van der Waals surface area contributed by atoms with Crippen LogP contribution in [0.2, 0.25) is 0 Å². The quantitative estimate of drug-likeness (QED) is 0.642. The molecule has 0 spiro atoms. The average Bonchev–Trinajstić information content (AvgIpc) is 2.23. The highest BCUT2D eigenvalue weighted by atomic mass is 16.5. The van der Waals surface area contributed by atoms with E-state index >= 15 is 0 Å². The monoisotopic (exact) mass is 231 g/mol. The van der Waals surface area contributed by atoms with Crippen LogP contribution in [0.25, 0.3) is 0 Å². The van der Waals surface area contributed by atoms with Crippen LogP contribution in [-0.2, 0) is 14.3 Å². The second-order valence-electron chi connectivity index (χ2n) is 4.35. The molecule has 0 aromatic rings. The summed E-state index contributed by atoms with van der Waals surface area (Å²) in [6, 6.07) is 0.